The largest absolute Gasteiger partial charge is 0.384 e. The van der Waals surface area contributed by atoms with E-state index in [0.29, 0.717) is 5.41 Å². The van der Waals surface area contributed by atoms with E-state index in [4.69, 9.17) is 4.74 Å². The van der Waals surface area contributed by atoms with Gasteiger partial charge in [-0.3, -0.25) is 4.90 Å². The van der Waals surface area contributed by atoms with Gasteiger partial charge in [-0.15, -0.1) is 0 Å². The van der Waals surface area contributed by atoms with Crippen molar-refractivity contribution in [2.75, 3.05) is 39.9 Å². The average Bonchev–Trinajstić information content (AvgIpc) is 2.83. The summed E-state index contributed by atoms with van der Waals surface area (Å²) >= 11 is 0. The smallest absolute Gasteiger partial charge is 0.0531 e. The first-order valence-electron chi connectivity index (χ1n) is 8.27. The first-order chi connectivity index (χ1) is 9.33. The van der Waals surface area contributed by atoms with Crippen LogP contribution in [0.3, 0.4) is 0 Å². The molecule has 3 fully saturated rings. The lowest BCUT2D eigenvalue weighted by Crippen LogP contribution is -2.49. The van der Waals surface area contributed by atoms with Gasteiger partial charge >= 0.3 is 0 Å². The lowest BCUT2D eigenvalue weighted by Gasteiger charge is -2.42. The highest BCUT2D eigenvalue weighted by Crippen LogP contribution is 2.39. The summed E-state index contributed by atoms with van der Waals surface area (Å²) in [6, 6.07) is 0.900. The molecule has 0 amide bonds. The molecule has 1 saturated carbocycles. The molecule has 0 spiro atoms. The van der Waals surface area contributed by atoms with E-state index in [1.165, 1.54) is 71.1 Å². The third-order valence-corrected chi connectivity index (χ3v) is 5.78. The fourth-order valence-corrected chi connectivity index (χ4v) is 4.74. The second kappa shape index (κ2) is 6.11. The Morgan fingerprint density at radius 2 is 1.95 bits per heavy atom. The molecule has 3 heteroatoms. The SMILES string of the molecule is COCC1(CN2CCC3CCCCC32)CCNCC1. The van der Waals surface area contributed by atoms with Crippen molar-refractivity contribution in [1.82, 2.24) is 10.2 Å². The van der Waals surface area contributed by atoms with Gasteiger partial charge in [0.15, 0.2) is 0 Å². The monoisotopic (exact) mass is 266 g/mol. The van der Waals surface area contributed by atoms with E-state index in [-0.39, 0.29) is 0 Å². The summed E-state index contributed by atoms with van der Waals surface area (Å²) in [6.45, 7) is 5.91. The predicted octanol–water partition coefficient (Wildman–Crippen LogP) is 2.27. The summed E-state index contributed by atoms with van der Waals surface area (Å²) in [5.74, 6) is 1.01. The van der Waals surface area contributed by atoms with Crippen molar-refractivity contribution >= 4 is 0 Å². The highest BCUT2D eigenvalue weighted by atomic mass is 16.5. The lowest BCUT2D eigenvalue weighted by atomic mass is 9.78. The van der Waals surface area contributed by atoms with Crippen LogP contribution in [-0.2, 0) is 4.74 Å². The topological polar surface area (TPSA) is 24.5 Å². The Labute approximate surface area is 118 Å². The van der Waals surface area contributed by atoms with Crippen LogP contribution in [0.15, 0.2) is 0 Å². The van der Waals surface area contributed by atoms with Crippen molar-refractivity contribution in [3.05, 3.63) is 0 Å². The number of nitrogens with one attached hydrogen (secondary N) is 1. The van der Waals surface area contributed by atoms with Gasteiger partial charge in [0.2, 0.25) is 0 Å². The second-order valence-electron chi connectivity index (χ2n) is 7.05. The van der Waals surface area contributed by atoms with Crippen LogP contribution in [0.4, 0.5) is 0 Å². The second-order valence-corrected chi connectivity index (χ2v) is 7.05. The van der Waals surface area contributed by atoms with Crippen molar-refractivity contribution in [2.24, 2.45) is 11.3 Å². The number of fused-ring (bicyclic) bond motifs is 1. The van der Waals surface area contributed by atoms with E-state index < -0.39 is 0 Å². The number of hydrogen-bond donors (Lipinski definition) is 1. The number of likely N-dealkylation sites (tertiary alicyclic amines) is 1. The van der Waals surface area contributed by atoms with E-state index in [2.05, 4.69) is 10.2 Å². The van der Waals surface area contributed by atoms with Crippen LogP contribution in [0.5, 0.6) is 0 Å². The lowest BCUT2D eigenvalue weighted by molar-refractivity contribution is 0.0133. The van der Waals surface area contributed by atoms with E-state index in [1.807, 2.05) is 7.11 Å². The Bertz CT molecular complexity index is 283. The van der Waals surface area contributed by atoms with Crippen LogP contribution in [0, 0.1) is 11.3 Å². The Kier molecular flexibility index (Phi) is 4.45. The van der Waals surface area contributed by atoms with Gasteiger partial charge in [0, 0.05) is 25.1 Å². The molecular formula is C16H30N2O. The molecule has 2 saturated heterocycles. The highest BCUT2D eigenvalue weighted by Gasteiger charge is 2.41. The van der Waals surface area contributed by atoms with Gasteiger partial charge in [0.1, 0.15) is 0 Å². The van der Waals surface area contributed by atoms with E-state index >= 15 is 0 Å². The third-order valence-electron chi connectivity index (χ3n) is 5.78. The number of nitrogens with zero attached hydrogens (tertiary/aromatic N) is 1. The Balaban J connectivity index is 1.64. The summed E-state index contributed by atoms with van der Waals surface area (Å²) in [5, 5.41) is 3.51. The summed E-state index contributed by atoms with van der Waals surface area (Å²) in [5.41, 5.74) is 0.423. The van der Waals surface area contributed by atoms with Crippen LogP contribution in [0.25, 0.3) is 0 Å². The molecule has 2 unspecified atom stereocenters. The average molecular weight is 266 g/mol. The summed E-state index contributed by atoms with van der Waals surface area (Å²) in [7, 11) is 1.87. The number of ether oxygens (including phenoxy) is 1. The van der Waals surface area contributed by atoms with Crippen molar-refractivity contribution in [2.45, 2.75) is 51.0 Å². The fourth-order valence-electron chi connectivity index (χ4n) is 4.74. The number of piperidine rings is 1. The zero-order chi connectivity index (χ0) is 13.1. The molecule has 3 nitrogen and oxygen atoms in total. The van der Waals surface area contributed by atoms with Crippen molar-refractivity contribution in [3.63, 3.8) is 0 Å². The van der Waals surface area contributed by atoms with Crippen LogP contribution >= 0.6 is 0 Å². The van der Waals surface area contributed by atoms with Crippen LogP contribution in [-0.4, -0.2) is 50.8 Å². The molecule has 0 aromatic heterocycles. The molecule has 0 radical (unpaired) electrons. The zero-order valence-corrected chi connectivity index (χ0v) is 12.5. The number of methoxy groups -OCH3 is 1. The van der Waals surface area contributed by atoms with Crippen molar-refractivity contribution in [1.29, 1.82) is 0 Å². The Hall–Kier alpha value is -0.120. The minimum Gasteiger partial charge on any atom is -0.384 e. The van der Waals surface area contributed by atoms with Crippen LogP contribution < -0.4 is 5.32 Å². The quantitative estimate of drug-likeness (QED) is 0.845. The highest BCUT2D eigenvalue weighted by molar-refractivity contribution is 4.95. The molecule has 3 rings (SSSR count). The summed E-state index contributed by atoms with van der Waals surface area (Å²) in [4.78, 5) is 2.83. The third kappa shape index (κ3) is 2.98. The van der Waals surface area contributed by atoms with Gasteiger partial charge in [0.25, 0.3) is 0 Å². The first-order valence-corrected chi connectivity index (χ1v) is 8.27. The predicted molar refractivity (Wildman–Crippen MR) is 78.3 cm³/mol. The van der Waals surface area contributed by atoms with Gasteiger partial charge in [-0.05, 0) is 57.7 Å². The summed E-state index contributed by atoms with van der Waals surface area (Å²) in [6.07, 6.45) is 9.89. The Morgan fingerprint density at radius 3 is 2.74 bits per heavy atom. The maximum Gasteiger partial charge on any atom is 0.0531 e. The van der Waals surface area contributed by atoms with Crippen LogP contribution in [0.1, 0.15) is 44.9 Å². The molecule has 1 N–H and O–H groups in total. The maximum atomic E-state index is 5.58. The van der Waals surface area contributed by atoms with Gasteiger partial charge in [-0.1, -0.05) is 12.8 Å². The molecule has 0 aromatic carbocycles. The Morgan fingerprint density at radius 1 is 1.16 bits per heavy atom. The standard InChI is InChI=1S/C16H30N2O/c1-19-13-16(7-9-17-10-8-16)12-18-11-6-14-4-2-3-5-15(14)18/h14-15,17H,2-13H2,1H3. The molecule has 0 bridgehead atoms. The molecule has 0 aromatic rings. The molecule has 3 aliphatic rings. The minimum absolute atomic E-state index is 0.423. The molecule has 2 heterocycles. The number of hydrogen-bond acceptors (Lipinski definition) is 3. The van der Waals surface area contributed by atoms with E-state index in [1.54, 1.807) is 0 Å². The maximum absolute atomic E-state index is 5.58. The number of rotatable bonds is 4. The molecule has 2 aliphatic heterocycles. The molecule has 110 valence electrons. The molecule has 1 aliphatic carbocycles. The van der Waals surface area contributed by atoms with E-state index in [9.17, 15) is 0 Å². The van der Waals surface area contributed by atoms with Crippen LogP contribution in [0.2, 0.25) is 0 Å². The van der Waals surface area contributed by atoms with E-state index in [0.717, 1.165) is 18.6 Å². The zero-order valence-electron chi connectivity index (χ0n) is 12.5. The van der Waals surface area contributed by atoms with Crippen molar-refractivity contribution < 1.29 is 4.74 Å². The molecular weight excluding hydrogens is 236 g/mol. The van der Waals surface area contributed by atoms with Crippen molar-refractivity contribution in [3.8, 4) is 0 Å². The van der Waals surface area contributed by atoms with Gasteiger partial charge in [-0.25, -0.2) is 0 Å². The van der Waals surface area contributed by atoms with Gasteiger partial charge < -0.3 is 10.1 Å². The molecule has 19 heavy (non-hydrogen) atoms. The van der Waals surface area contributed by atoms with Gasteiger partial charge in [-0.2, -0.15) is 0 Å². The fraction of sp³-hybridized carbons (Fsp3) is 1.00. The first kappa shape index (κ1) is 13.8. The van der Waals surface area contributed by atoms with Gasteiger partial charge in [0.05, 0.1) is 6.61 Å². The minimum atomic E-state index is 0.423. The normalized spacial score (nSPS) is 35.2. The molecule has 2 atom stereocenters. The summed E-state index contributed by atoms with van der Waals surface area (Å²) < 4.78 is 5.58.